The van der Waals surface area contributed by atoms with Crippen LogP contribution >= 0.6 is 0 Å². The van der Waals surface area contributed by atoms with Crippen LogP contribution in [-0.2, 0) is 25.8 Å². The van der Waals surface area contributed by atoms with Gasteiger partial charge in [-0.15, -0.1) is 10.2 Å². The SMILES string of the molecule is COc1cccc(Cc2nnc(Cc3c[nH]c4cc(F)ccc34)n2CCCc2cnc[nH]2)c1. The Balaban J connectivity index is 1.42. The average Bonchev–Trinajstić information content (AvgIpc) is 3.56. The second kappa shape index (κ2) is 9.28. The van der Waals surface area contributed by atoms with Crippen molar-refractivity contribution in [2.24, 2.45) is 0 Å². The molecular weight excluding hydrogens is 419 g/mol. The summed E-state index contributed by atoms with van der Waals surface area (Å²) in [6, 6.07) is 12.8. The van der Waals surface area contributed by atoms with Crippen LogP contribution in [0.25, 0.3) is 10.9 Å². The van der Waals surface area contributed by atoms with Gasteiger partial charge in [0.15, 0.2) is 0 Å². The van der Waals surface area contributed by atoms with Crippen molar-refractivity contribution in [2.75, 3.05) is 7.11 Å². The molecule has 0 spiro atoms. The minimum Gasteiger partial charge on any atom is -0.497 e. The number of imidazole rings is 1. The van der Waals surface area contributed by atoms with Gasteiger partial charge in [-0.2, -0.15) is 0 Å². The van der Waals surface area contributed by atoms with Crippen LogP contribution in [0.1, 0.15) is 34.9 Å². The first-order chi connectivity index (χ1) is 16.2. The zero-order valence-electron chi connectivity index (χ0n) is 18.4. The number of benzene rings is 2. The van der Waals surface area contributed by atoms with Gasteiger partial charge in [0.1, 0.15) is 23.2 Å². The monoisotopic (exact) mass is 444 g/mol. The molecule has 3 aromatic heterocycles. The number of nitrogens with one attached hydrogen (secondary N) is 2. The minimum atomic E-state index is -0.251. The van der Waals surface area contributed by atoms with E-state index in [1.165, 1.54) is 12.1 Å². The lowest BCUT2D eigenvalue weighted by Gasteiger charge is -2.11. The maximum atomic E-state index is 13.6. The summed E-state index contributed by atoms with van der Waals surface area (Å²) in [5, 5.41) is 10.1. The van der Waals surface area contributed by atoms with E-state index in [4.69, 9.17) is 4.74 Å². The molecule has 0 unspecified atom stereocenters. The molecule has 33 heavy (non-hydrogen) atoms. The zero-order chi connectivity index (χ0) is 22.6. The van der Waals surface area contributed by atoms with E-state index in [2.05, 4.69) is 35.8 Å². The van der Waals surface area contributed by atoms with Gasteiger partial charge in [-0.25, -0.2) is 9.37 Å². The van der Waals surface area contributed by atoms with E-state index in [1.54, 1.807) is 13.4 Å². The van der Waals surface area contributed by atoms with E-state index in [-0.39, 0.29) is 5.82 Å². The topological polar surface area (TPSA) is 84.4 Å². The first-order valence-electron chi connectivity index (χ1n) is 11.0. The summed E-state index contributed by atoms with van der Waals surface area (Å²) in [6.45, 7) is 0.789. The second-order valence-corrected chi connectivity index (χ2v) is 8.07. The van der Waals surface area contributed by atoms with Gasteiger partial charge in [0.25, 0.3) is 0 Å². The van der Waals surface area contributed by atoms with Crippen molar-refractivity contribution in [1.82, 2.24) is 29.7 Å². The van der Waals surface area contributed by atoms with Gasteiger partial charge >= 0.3 is 0 Å². The quantitative estimate of drug-likeness (QED) is 0.352. The molecule has 0 fully saturated rings. The van der Waals surface area contributed by atoms with Crippen molar-refractivity contribution in [3.05, 3.63) is 95.5 Å². The molecule has 3 heterocycles. The molecule has 0 amide bonds. The number of aryl methyl sites for hydroxylation is 1. The van der Waals surface area contributed by atoms with Crippen LogP contribution in [0.4, 0.5) is 4.39 Å². The highest BCUT2D eigenvalue weighted by Crippen LogP contribution is 2.23. The van der Waals surface area contributed by atoms with Crippen LogP contribution < -0.4 is 4.74 Å². The van der Waals surface area contributed by atoms with Crippen LogP contribution in [0.2, 0.25) is 0 Å². The fraction of sp³-hybridized carbons (Fsp3) is 0.240. The summed E-state index contributed by atoms with van der Waals surface area (Å²) in [4.78, 5) is 10.4. The summed E-state index contributed by atoms with van der Waals surface area (Å²) >= 11 is 0. The molecule has 0 saturated heterocycles. The van der Waals surface area contributed by atoms with E-state index in [0.29, 0.717) is 12.8 Å². The highest BCUT2D eigenvalue weighted by atomic mass is 19.1. The zero-order valence-corrected chi connectivity index (χ0v) is 18.4. The molecular formula is C25H25FN6O. The number of aromatic nitrogens is 6. The van der Waals surface area contributed by atoms with Crippen molar-refractivity contribution >= 4 is 10.9 Å². The van der Waals surface area contributed by atoms with Crippen LogP contribution in [0.3, 0.4) is 0 Å². The number of H-pyrrole nitrogens is 2. The van der Waals surface area contributed by atoms with Crippen LogP contribution in [0.15, 0.2) is 61.2 Å². The first-order valence-corrected chi connectivity index (χ1v) is 11.0. The molecule has 2 aromatic carbocycles. The van der Waals surface area contributed by atoms with Gasteiger partial charge < -0.3 is 19.3 Å². The van der Waals surface area contributed by atoms with Crippen molar-refractivity contribution < 1.29 is 9.13 Å². The van der Waals surface area contributed by atoms with Crippen LogP contribution in [0.5, 0.6) is 5.75 Å². The molecule has 5 aromatic rings. The van der Waals surface area contributed by atoms with E-state index < -0.39 is 0 Å². The third kappa shape index (κ3) is 4.64. The summed E-state index contributed by atoms with van der Waals surface area (Å²) in [5.41, 5.74) is 4.08. The van der Waals surface area contributed by atoms with E-state index in [1.807, 2.05) is 36.7 Å². The number of methoxy groups -OCH3 is 1. The molecule has 2 N–H and O–H groups in total. The Morgan fingerprint density at radius 3 is 2.73 bits per heavy atom. The Kier molecular flexibility index (Phi) is 5.89. The van der Waals surface area contributed by atoms with Gasteiger partial charge in [-0.1, -0.05) is 12.1 Å². The van der Waals surface area contributed by atoms with E-state index in [0.717, 1.165) is 64.5 Å². The smallest absolute Gasteiger partial charge is 0.137 e. The molecule has 168 valence electrons. The molecule has 0 atom stereocenters. The largest absolute Gasteiger partial charge is 0.497 e. The fourth-order valence-corrected chi connectivity index (χ4v) is 4.18. The Labute approximate surface area is 190 Å². The second-order valence-electron chi connectivity index (χ2n) is 8.07. The number of fused-ring (bicyclic) bond motifs is 1. The molecule has 0 saturated carbocycles. The van der Waals surface area contributed by atoms with Crippen molar-refractivity contribution in [1.29, 1.82) is 0 Å². The van der Waals surface area contributed by atoms with Crippen LogP contribution in [-0.4, -0.2) is 36.8 Å². The number of ether oxygens (including phenoxy) is 1. The Morgan fingerprint density at radius 2 is 1.91 bits per heavy atom. The minimum absolute atomic E-state index is 0.251. The number of hydrogen-bond donors (Lipinski definition) is 2. The van der Waals surface area contributed by atoms with Gasteiger partial charge in [0.2, 0.25) is 0 Å². The number of nitrogens with zero attached hydrogens (tertiary/aromatic N) is 4. The molecule has 0 aliphatic carbocycles. The standard InChI is InChI=1S/C25H25FN6O/c1-33-21-6-2-4-17(10-21)11-24-30-31-25(32(24)9-3-5-20-15-27-16-29-20)12-18-14-28-23-13-19(26)7-8-22(18)23/h2,4,6-8,10,13-16,28H,3,5,9,11-12H2,1H3,(H,27,29). The van der Waals surface area contributed by atoms with Gasteiger partial charge in [0, 0.05) is 48.4 Å². The van der Waals surface area contributed by atoms with Crippen molar-refractivity contribution in [2.45, 2.75) is 32.2 Å². The van der Waals surface area contributed by atoms with Crippen LogP contribution in [0, 0.1) is 5.82 Å². The highest BCUT2D eigenvalue weighted by Gasteiger charge is 2.16. The predicted octanol–water partition coefficient (Wildman–Crippen LogP) is 4.44. The molecule has 5 rings (SSSR count). The van der Waals surface area contributed by atoms with E-state index >= 15 is 0 Å². The predicted molar refractivity (Wildman–Crippen MR) is 124 cm³/mol. The summed E-state index contributed by atoms with van der Waals surface area (Å²) < 4.78 is 21.2. The highest BCUT2D eigenvalue weighted by molar-refractivity contribution is 5.83. The van der Waals surface area contributed by atoms with E-state index in [9.17, 15) is 4.39 Å². The molecule has 0 aliphatic heterocycles. The molecule has 0 radical (unpaired) electrons. The number of hydrogen-bond acceptors (Lipinski definition) is 4. The summed E-state index contributed by atoms with van der Waals surface area (Å²) in [7, 11) is 1.67. The van der Waals surface area contributed by atoms with Gasteiger partial charge in [0.05, 0.1) is 13.4 Å². The lowest BCUT2D eigenvalue weighted by Crippen LogP contribution is -2.10. The normalized spacial score (nSPS) is 11.3. The molecule has 8 heteroatoms. The first kappa shape index (κ1) is 20.9. The number of rotatable bonds is 9. The Bertz CT molecular complexity index is 1350. The maximum absolute atomic E-state index is 13.6. The van der Waals surface area contributed by atoms with Gasteiger partial charge in [-0.3, -0.25) is 0 Å². The number of aromatic amines is 2. The summed E-state index contributed by atoms with van der Waals surface area (Å²) in [6.07, 6.45) is 8.58. The number of halogens is 1. The van der Waals surface area contributed by atoms with Gasteiger partial charge in [-0.05, 0) is 54.3 Å². The Morgan fingerprint density at radius 1 is 1.03 bits per heavy atom. The average molecular weight is 445 g/mol. The third-order valence-corrected chi connectivity index (χ3v) is 5.86. The Hall–Kier alpha value is -3.94. The fourth-order valence-electron chi connectivity index (χ4n) is 4.18. The lowest BCUT2D eigenvalue weighted by atomic mass is 10.1. The molecule has 0 aliphatic rings. The molecule has 7 nitrogen and oxygen atoms in total. The third-order valence-electron chi connectivity index (χ3n) is 5.86. The van der Waals surface area contributed by atoms with Crippen molar-refractivity contribution in [3.8, 4) is 5.75 Å². The molecule has 0 bridgehead atoms. The van der Waals surface area contributed by atoms with Crippen molar-refractivity contribution in [3.63, 3.8) is 0 Å². The lowest BCUT2D eigenvalue weighted by molar-refractivity contribution is 0.414. The summed E-state index contributed by atoms with van der Waals surface area (Å²) in [5.74, 6) is 2.37. The maximum Gasteiger partial charge on any atom is 0.137 e.